The van der Waals surface area contributed by atoms with Crippen molar-refractivity contribution in [1.29, 1.82) is 0 Å². The van der Waals surface area contributed by atoms with E-state index in [0.717, 1.165) is 19.5 Å². The summed E-state index contributed by atoms with van der Waals surface area (Å²) >= 11 is 0. The molecule has 2 aliphatic rings. The smallest absolute Gasteiger partial charge is 0.162 e. The van der Waals surface area contributed by atoms with Crippen LogP contribution in [0.1, 0.15) is 31.7 Å². The van der Waals surface area contributed by atoms with E-state index in [2.05, 4.69) is 43.0 Å². The average molecular weight is 255 g/mol. The van der Waals surface area contributed by atoms with Gasteiger partial charge in [-0.3, -0.25) is 9.69 Å². The number of benzene rings is 1. The second-order valence-electron chi connectivity index (χ2n) is 5.51. The predicted molar refractivity (Wildman–Crippen MR) is 77.1 cm³/mol. The lowest BCUT2D eigenvalue weighted by atomic mass is 9.56. The Morgan fingerprint density at radius 1 is 1.21 bits per heavy atom. The highest BCUT2D eigenvalue weighted by Gasteiger charge is 2.64. The van der Waals surface area contributed by atoms with Crippen molar-refractivity contribution in [3.63, 3.8) is 0 Å². The van der Waals surface area contributed by atoms with Crippen LogP contribution in [0.25, 0.3) is 0 Å². The van der Waals surface area contributed by atoms with Crippen molar-refractivity contribution in [2.45, 2.75) is 31.7 Å². The molecule has 0 radical (unpaired) electrons. The minimum Gasteiger partial charge on any atom is -0.297 e. The fraction of sp³-hybridized carbons (Fsp3) is 0.471. The van der Waals surface area contributed by atoms with E-state index >= 15 is 0 Å². The van der Waals surface area contributed by atoms with E-state index in [1.165, 1.54) is 5.56 Å². The lowest BCUT2D eigenvalue weighted by Crippen LogP contribution is -2.68. The van der Waals surface area contributed by atoms with Crippen molar-refractivity contribution < 1.29 is 4.79 Å². The van der Waals surface area contributed by atoms with Gasteiger partial charge in [-0.2, -0.15) is 0 Å². The third kappa shape index (κ3) is 1.56. The summed E-state index contributed by atoms with van der Waals surface area (Å²) < 4.78 is 0. The summed E-state index contributed by atoms with van der Waals surface area (Å²) in [5.41, 5.74) is 0.941. The van der Waals surface area contributed by atoms with Crippen LogP contribution in [0.4, 0.5) is 0 Å². The number of likely N-dealkylation sites (N-methyl/N-ethyl adjacent to an activating group) is 1. The van der Waals surface area contributed by atoms with Gasteiger partial charge < -0.3 is 0 Å². The van der Waals surface area contributed by atoms with Gasteiger partial charge >= 0.3 is 0 Å². The third-order valence-corrected chi connectivity index (χ3v) is 4.88. The number of hydrogen-bond acceptors (Lipinski definition) is 2. The molecule has 0 unspecified atom stereocenters. The van der Waals surface area contributed by atoms with Crippen LogP contribution in [0, 0.1) is 5.92 Å². The summed E-state index contributed by atoms with van der Waals surface area (Å²) in [5.74, 6) is 0.847. The van der Waals surface area contributed by atoms with Crippen LogP contribution in [-0.2, 0) is 4.79 Å². The quantitative estimate of drug-likeness (QED) is 0.771. The Morgan fingerprint density at radius 2 is 1.89 bits per heavy atom. The standard InChI is InChI=1S/C17H21NO/c1-3-18(4-2)17-12-8-11-14(17)15(16(17)19)13-9-6-5-7-10-13/h5-11,14-15H,3-4,12H2,1-2H3/t14-,15-,17+/m0/s1. The molecule has 100 valence electrons. The van der Waals surface area contributed by atoms with Gasteiger partial charge in [-0.15, -0.1) is 0 Å². The fourth-order valence-corrected chi connectivity index (χ4v) is 3.98. The van der Waals surface area contributed by atoms with Gasteiger partial charge in [-0.1, -0.05) is 56.3 Å². The number of nitrogens with zero attached hydrogens (tertiary/aromatic N) is 1. The molecule has 3 atom stereocenters. The number of carbonyl (C=O) groups is 1. The van der Waals surface area contributed by atoms with E-state index < -0.39 is 0 Å². The molecule has 0 N–H and O–H groups in total. The second-order valence-corrected chi connectivity index (χ2v) is 5.51. The van der Waals surface area contributed by atoms with Crippen LogP contribution in [0.5, 0.6) is 0 Å². The molecule has 1 fully saturated rings. The lowest BCUT2D eigenvalue weighted by Gasteiger charge is -2.55. The number of ketones is 1. The molecular weight excluding hydrogens is 234 g/mol. The summed E-state index contributed by atoms with van der Waals surface area (Å²) in [4.78, 5) is 15.2. The van der Waals surface area contributed by atoms with Crippen LogP contribution in [0.15, 0.2) is 42.5 Å². The maximum atomic E-state index is 12.8. The number of hydrogen-bond donors (Lipinski definition) is 0. The Balaban J connectivity index is 1.94. The first-order valence-corrected chi connectivity index (χ1v) is 7.26. The van der Waals surface area contributed by atoms with Crippen molar-refractivity contribution in [3.8, 4) is 0 Å². The zero-order valence-corrected chi connectivity index (χ0v) is 11.7. The first kappa shape index (κ1) is 12.6. The van der Waals surface area contributed by atoms with Gasteiger partial charge in [0.15, 0.2) is 5.78 Å². The Morgan fingerprint density at radius 3 is 2.53 bits per heavy atom. The minimum atomic E-state index is -0.232. The van der Waals surface area contributed by atoms with Crippen LogP contribution in [0.2, 0.25) is 0 Å². The molecule has 2 nitrogen and oxygen atoms in total. The topological polar surface area (TPSA) is 20.3 Å². The van der Waals surface area contributed by atoms with Crippen molar-refractivity contribution >= 4 is 5.78 Å². The average Bonchev–Trinajstić information content (AvgIpc) is 2.82. The zero-order valence-electron chi connectivity index (χ0n) is 11.7. The Kier molecular flexibility index (Phi) is 3.06. The molecule has 0 spiro atoms. The van der Waals surface area contributed by atoms with E-state index in [0.29, 0.717) is 11.7 Å². The molecule has 0 amide bonds. The second kappa shape index (κ2) is 4.61. The molecule has 1 saturated carbocycles. The van der Waals surface area contributed by atoms with Crippen LogP contribution >= 0.6 is 0 Å². The van der Waals surface area contributed by atoms with Crippen LogP contribution in [0.3, 0.4) is 0 Å². The van der Waals surface area contributed by atoms with Crippen molar-refractivity contribution in [1.82, 2.24) is 4.90 Å². The number of fused-ring (bicyclic) bond motifs is 1. The van der Waals surface area contributed by atoms with Crippen molar-refractivity contribution in [2.75, 3.05) is 13.1 Å². The van der Waals surface area contributed by atoms with Gasteiger partial charge in [-0.05, 0) is 25.1 Å². The highest BCUT2D eigenvalue weighted by molar-refractivity contribution is 6.03. The normalized spacial score (nSPS) is 32.5. The van der Waals surface area contributed by atoms with Gasteiger partial charge in [0.25, 0.3) is 0 Å². The van der Waals surface area contributed by atoms with E-state index in [-0.39, 0.29) is 11.5 Å². The molecule has 2 aliphatic carbocycles. The molecule has 19 heavy (non-hydrogen) atoms. The molecule has 0 saturated heterocycles. The summed E-state index contributed by atoms with van der Waals surface area (Å²) in [6.07, 6.45) is 5.35. The molecule has 0 aliphatic heterocycles. The summed E-state index contributed by atoms with van der Waals surface area (Å²) in [6, 6.07) is 10.2. The van der Waals surface area contributed by atoms with E-state index in [1.54, 1.807) is 0 Å². The largest absolute Gasteiger partial charge is 0.297 e. The number of Topliss-reactive ketones (excluding diaryl/α,β-unsaturated/α-hetero) is 1. The summed E-state index contributed by atoms with van der Waals surface area (Å²) in [6.45, 7) is 6.19. The van der Waals surface area contributed by atoms with Crippen molar-refractivity contribution in [3.05, 3.63) is 48.0 Å². The Bertz CT molecular complexity index is 503. The first-order valence-electron chi connectivity index (χ1n) is 7.26. The van der Waals surface area contributed by atoms with Gasteiger partial charge in [0.1, 0.15) is 0 Å². The third-order valence-electron chi connectivity index (χ3n) is 4.88. The monoisotopic (exact) mass is 255 g/mol. The molecule has 0 bridgehead atoms. The van der Waals surface area contributed by atoms with Gasteiger partial charge in [-0.25, -0.2) is 0 Å². The van der Waals surface area contributed by atoms with Gasteiger partial charge in [0.2, 0.25) is 0 Å². The van der Waals surface area contributed by atoms with Crippen molar-refractivity contribution in [2.24, 2.45) is 5.92 Å². The van der Waals surface area contributed by atoms with Crippen LogP contribution in [-0.4, -0.2) is 29.3 Å². The maximum absolute atomic E-state index is 12.8. The Labute approximate surface area is 115 Å². The minimum absolute atomic E-state index is 0.0700. The predicted octanol–water partition coefficient (Wildman–Crippen LogP) is 3.01. The SMILES string of the molecule is CCN(CC)[C@]12CC=C[C@H]1[C@H](c1ccccc1)C2=O. The number of rotatable bonds is 4. The van der Waals surface area contributed by atoms with E-state index in [1.807, 2.05) is 18.2 Å². The Hall–Kier alpha value is -1.41. The molecular formula is C17H21NO. The lowest BCUT2D eigenvalue weighted by molar-refractivity contribution is -0.150. The van der Waals surface area contributed by atoms with Gasteiger partial charge in [0, 0.05) is 5.92 Å². The summed E-state index contributed by atoms with van der Waals surface area (Å²) in [5, 5.41) is 0. The first-order chi connectivity index (χ1) is 9.25. The molecule has 3 rings (SSSR count). The molecule has 1 aromatic carbocycles. The molecule has 1 aromatic rings. The van der Waals surface area contributed by atoms with Gasteiger partial charge in [0.05, 0.1) is 11.5 Å². The maximum Gasteiger partial charge on any atom is 0.162 e. The van der Waals surface area contributed by atoms with Crippen LogP contribution < -0.4 is 0 Å². The fourth-order valence-electron chi connectivity index (χ4n) is 3.98. The van der Waals surface area contributed by atoms with E-state index in [4.69, 9.17) is 0 Å². The van der Waals surface area contributed by atoms with E-state index in [9.17, 15) is 4.79 Å². The molecule has 0 heterocycles. The molecule has 2 heteroatoms. The zero-order chi connectivity index (χ0) is 13.5. The highest BCUT2D eigenvalue weighted by Crippen LogP contribution is 2.55. The molecule has 0 aromatic heterocycles. The summed E-state index contributed by atoms with van der Waals surface area (Å²) in [7, 11) is 0. The number of carbonyl (C=O) groups excluding carboxylic acids is 1. The highest BCUT2D eigenvalue weighted by atomic mass is 16.1.